The molecule has 0 aromatic heterocycles. The van der Waals surface area contributed by atoms with Crippen LogP contribution >= 0.6 is 0 Å². The van der Waals surface area contributed by atoms with Gasteiger partial charge in [-0.3, -0.25) is 14.4 Å². The summed E-state index contributed by atoms with van der Waals surface area (Å²) in [5, 5.41) is 0.482. The Bertz CT molecular complexity index is 504. The molecule has 2 rings (SSSR count). The zero-order valence-corrected chi connectivity index (χ0v) is 9.29. The van der Waals surface area contributed by atoms with Crippen molar-refractivity contribution in [2.75, 3.05) is 0 Å². The largest absolute Gasteiger partial charge is 0.363 e. The van der Waals surface area contributed by atoms with Gasteiger partial charge in [-0.05, 0) is 12.1 Å². The van der Waals surface area contributed by atoms with Gasteiger partial charge < -0.3 is 4.84 Å². The van der Waals surface area contributed by atoms with Crippen LogP contribution in [0, 0.1) is 0 Å². The molecule has 1 heterocycles. The van der Waals surface area contributed by atoms with Crippen molar-refractivity contribution < 1.29 is 24.0 Å². The summed E-state index contributed by atoms with van der Waals surface area (Å²) in [5.41, 5.74) is 0.577. The molecule has 1 fully saturated rings. The molecule has 0 unspecified atom stereocenters. The van der Waals surface area contributed by atoms with Gasteiger partial charge in [0.15, 0.2) is 0 Å². The van der Waals surface area contributed by atoms with Gasteiger partial charge in [-0.25, -0.2) is 4.79 Å². The Labute approximate surface area is 102 Å². The summed E-state index contributed by atoms with van der Waals surface area (Å²) < 4.78 is 0. The van der Waals surface area contributed by atoms with Gasteiger partial charge in [-0.15, -0.1) is 5.06 Å². The molecule has 0 bridgehead atoms. The van der Waals surface area contributed by atoms with E-state index >= 15 is 0 Å². The Morgan fingerprint density at radius 2 is 1.67 bits per heavy atom. The normalized spacial score (nSPS) is 14.8. The van der Waals surface area contributed by atoms with Crippen molar-refractivity contribution in [2.45, 2.75) is 12.8 Å². The van der Waals surface area contributed by atoms with Gasteiger partial charge in [-0.2, -0.15) is 0 Å². The van der Waals surface area contributed by atoms with Crippen molar-refractivity contribution >= 4 is 24.1 Å². The Morgan fingerprint density at radius 1 is 1.11 bits per heavy atom. The third-order valence-corrected chi connectivity index (χ3v) is 2.46. The zero-order valence-electron chi connectivity index (χ0n) is 9.29. The molecule has 0 atom stereocenters. The lowest BCUT2D eigenvalue weighted by molar-refractivity contribution is -0.172. The third kappa shape index (κ3) is 2.27. The van der Waals surface area contributed by atoms with E-state index in [1.165, 1.54) is 24.3 Å². The van der Waals surface area contributed by atoms with E-state index in [0.717, 1.165) is 0 Å². The summed E-state index contributed by atoms with van der Waals surface area (Å²) in [6, 6.07) is 5.66. The van der Waals surface area contributed by atoms with Gasteiger partial charge in [0.25, 0.3) is 11.8 Å². The maximum absolute atomic E-state index is 11.6. The number of hydrogen-bond acceptors (Lipinski definition) is 5. The summed E-state index contributed by atoms with van der Waals surface area (Å²) >= 11 is 0. The molecule has 0 spiro atoms. The molecule has 92 valence electrons. The number of benzene rings is 1. The number of amides is 2. The average molecular weight is 247 g/mol. The standard InChI is InChI=1S/C12H9NO5/c14-7-8-1-3-9(4-2-8)12(17)18-13-10(15)5-6-11(13)16/h1-4,7H,5-6H2. The van der Waals surface area contributed by atoms with Gasteiger partial charge in [0.1, 0.15) is 6.29 Å². The number of rotatable bonds is 3. The molecule has 18 heavy (non-hydrogen) atoms. The minimum atomic E-state index is -0.809. The zero-order chi connectivity index (χ0) is 13.1. The molecule has 2 amide bonds. The fraction of sp³-hybridized carbons (Fsp3) is 0.167. The SMILES string of the molecule is O=Cc1ccc(C(=O)ON2C(=O)CCC2=O)cc1. The van der Waals surface area contributed by atoms with Crippen molar-refractivity contribution in [1.29, 1.82) is 0 Å². The van der Waals surface area contributed by atoms with E-state index in [-0.39, 0.29) is 18.4 Å². The van der Waals surface area contributed by atoms with E-state index in [4.69, 9.17) is 4.84 Å². The minimum Gasteiger partial charge on any atom is -0.325 e. The van der Waals surface area contributed by atoms with Gasteiger partial charge in [-0.1, -0.05) is 12.1 Å². The molecule has 1 aromatic carbocycles. The lowest BCUT2D eigenvalue weighted by Crippen LogP contribution is -2.32. The van der Waals surface area contributed by atoms with Crippen LogP contribution in [0.1, 0.15) is 33.6 Å². The number of aldehydes is 1. The molecule has 0 radical (unpaired) electrons. The first kappa shape index (κ1) is 12.0. The second-order valence-corrected chi connectivity index (χ2v) is 3.70. The predicted molar refractivity (Wildman–Crippen MR) is 58.3 cm³/mol. The van der Waals surface area contributed by atoms with Crippen LogP contribution in [0.15, 0.2) is 24.3 Å². The average Bonchev–Trinajstić information content (AvgIpc) is 2.70. The van der Waals surface area contributed by atoms with Gasteiger partial charge in [0.2, 0.25) is 0 Å². The van der Waals surface area contributed by atoms with E-state index < -0.39 is 17.8 Å². The van der Waals surface area contributed by atoms with Crippen molar-refractivity contribution in [3.63, 3.8) is 0 Å². The first-order valence-corrected chi connectivity index (χ1v) is 5.25. The van der Waals surface area contributed by atoms with Crippen molar-refractivity contribution in [3.8, 4) is 0 Å². The minimum absolute atomic E-state index is 0.0518. The summed E-state index contributed by atoms with van der Waals surface area (Å²) in [5.74, 6) is -1.87. The Morgan fingerprint density at radius 3 is 2.17 bits per heavy atom. The molecular formula is C12H9NO5. The predicted octanol–water partition coefficient (Wildman–Crippen LogP) is 0.720. The summed E-state index contributed by atoms with van der Waals surface area (Å²) in [6.07, 6.45) is 0.745. The molecule has 0 aliphatic carbocycles. The smallest absolute Gasteiger partial charge is 0.325 e. The number of imide groups is 1. The molecular weight excluding hydrogens is 238 g/mol. The van der Waals surface area contributed by atoms with Gasteiger partial charge in [0, 0.05) is 18.4 Å². The maximum Gasteiger partial charge on any atom is 0.363 e. The summed E-state index contributed by atoms with van der Waals surface area (Å²) in [7, 11) is 0. The first-order chi connectivity index (χ1) is 8.61. The van der Waals surface area contributed by atoms with Crippen LogP contribution in [0.5, 0.6) is 0 Å². The van der Waals surface area contributed by atoms with Crippen LogP contribution in [0.3, 0.4) is 0 Å². The van der Waals surface area contributed by atoms with Gasteiger partial charge in [0.05, 0.1) is 5.56 Å². The Kier molecular flexibility index (Phi) is 3.18. The maximum atomic E-state index is 11.6. The lowest BCUT2D eigenvalue weighted by atomic mass is 10.1. The highest BCUT2D eigenvalue weighted by Gasteiger charge is 2.33. The van der Waals surface area contributed by atoms with Crippen LogP contribution in [-0.4, -0.2) is 29.1 Å². The van der Waals surface area contributed by atoms with E-state index in [9.17, 15) is 19.2 Å². The van der Waals surface area contributed by atoms with E-state index in [1.54, 1.807) is 0 Å². The van der Waals surface area contributed by atoms with Crippen molar-refractivity contribution in [2.24, 2.45) is 0 Å². The third-order valence-electron chi connectivity index (χ3n) is 2.46. The van der Waals surface area contributed by atoms with Crippen LogP contribution in [-0.2, 0) is 14.4 Å². The number of nitrogens with zero attached hydrogens (tertiary/aromatic N) is 1. The molecule has 6 nitrogen and oxygen atoms in total. The lowest BCUT2D eigenvalue weighted by Gasteiger charge is -2.12. The highest BCUT2D eigenvalue weighted by atomic mass is 16.7. The molecule has 1 saturated heterocycles. The van der Waals surface area contributed by atoms with Crippen LogP contribution in [0.25, 0.3) is 0 Å². The molecule has 0 N–H and O–H groups in total. The number of hydrogen-bond donors (Lipinski definition) is 0. The molecule has 0 saturated carbocycles. The van der Waals surface area contributed by atoms with Gasteiger partial charge >= 0.3 is 5.97 Å². The van der Waals surface area contributed by atoms with E-state index in [2.05, 4.69) is 0 Å². The molecule has 1 aromatic rings. The highest BCUT2D eigenvalue weighted by Crippen LogP contribution is 2.14. The number of hydroxylamine groups is 2. The topological polar surface area (TPSA) is 80.8 Å². The van der Waals surface area contributed by atoms with E-state index in [0.29, 0.717) is 16.9 Å². The van der Waals surface area contributed by atoms with Crippen LogP contribution in [0.2, 0.25) is 0 Å². The highest BCUT2D eigenvalue weighted by molar-refractivity contribution is 6.02. The van der Waals surface area contributed by atoms with Crippen LogP contribution in [0.4, 0.5) is 0 Å². The summed E-state index contributed by atoms with van der Waals surface area (Å²) in [6.45, 7) is 0. The van der Waals surface area contributed by atoms with Crippen molar-refractivity contribution in [3.05, 3.63) is 35.4 Å². The monoisotopic (exact) mass is 247 g/mol. The fourth-order valence-corrected chi connectivity index (χ4v) is 1.49. The Hall–Kier alpha value is -2.50. The van der Waals surface area contributed by atoms with Crippen molar-refractivity contribution in [1.82, 2.24) is 5.06 Å². The second-order valence-electron chi connectivity index (χ2n) is 3.70. The van der Waals surface area contributed by atoms with Crippen LogP contribution < -0.4 is 0 Å². The Balaban J connectivity index is 2.09. The molecule has 1 aliphatic heterocycles. The second kappa shape index (κ2) is 4.79. The quantitative estimate of drug-likeness (QED) is 0.580. The summed E-state index contributed by atoms with van der Waals surface area (Å²) in [4.78, 5) is 49.2. The number of carbonyl (C=O) groups excluding carboxylic acids is 4. The number of carbonyl (C=O) groups is 4. The molecule has 1 aliphatic rings. The van der Waals surface area contributed by atoms with E-state index in [1.807, 2.05) is 0 Å². The molecule has 6 heteroatoms. The fourth-order valence-electron chi connectivity index (χ4n) is 1.49. The first-order valence-electron chi connectivity index (χ1n) is 5.25.